The molecule has 0 spiro atoms. The first-order valence-corrected chi connectivity index (χ1v) is 6.56. The van der Waals surface area contributed by atoms with Crippen LogP contribution in [0.2, 0.25) is 0 Å². The van der Waals surface area contributed by atoms with Gasteiger partial charge in [-0.2, -0.15) is 0 Å². The summed E-state index contributed by atoms with van der Waals surface area (Å²) in [6, 6.07) is 4.82. The van der Waals surface area contributed by atoms with Crippen LogP contribution in [0.1, 0.15) is 24.1 Å². The predicted molar refractivity (Wildman–Crippen MR) is 70.5 cm³/mol. The number of hydrogen-bond acceptors (Lipinski definition) is 3. The first-order valence-electron chi connectivity index (χ1n) is 5.76. The summed E-state index contributed by atoms with van der Waals surface area (Å²) in [7, 11) is 0. The molecule has 0 radical (unpaired) electrons. The summed E-state index contributed by atoms with van der Waals surface area (Å²) in [6.07, 6.45) is 2.57. The lowest BCUT2D eigenvalue weighted by atomic mass is 10.2. The number of rotatable bonds is 5. The Morgan fingerprint density at radius 2 is 2.17 bits per heavy atom. The molecule has 0 amide bonds. The third-order valence-electron chi connectivity index (χ3n) is 2.48. The minimum Gasteiger partial charge on any atom is -0.444 e. The first kappa shape index (κ1) is 13.2. The second-order valence-electron chi connectivity index (χ2n) is 3.96. The minimum absolute atomic E-state index is 0.245. The Kier molecular flexibility index (Phi) is 4.49. The second-order valence-corrected chi connectivity index (χ2v) is 4.87. The molecule has 0 saturated heterocycles. The van der Waals surface area contributed by atoms with Gasteiger partial charge in [0.25, 0.3) is 0 Å². The van der Waals surface area contributed by atoms with E-state index in [9.17, 15) is 4.39 Å². The molecule has 0 aliphatic rings. The maximum absolute atomic E-state index is 13.1. The van der Waals surface area contributed by atoms with Gasteiger partial charge < -0.3 is 9.73 Å². The molecular formula is C13H14BrFN2O. The molecule has 96 valence electrons. The van der Waals surface area contributed by atoms with E-state index in [1.54, 1.807) is 6.20 Å². The van der Waals surface area contributed by atoms with Crippen LogP contribution in [-0.4, -0.2) is 4.98 Å². The van der Waals surface area contributed by atoms with Gasteiger partial charge in [-0.15, -0.1) is 0 Å². The van der Waals surface area contributed by atoms with Gasteiger partial charge in [0.05, 0.1) is 12.7 Å². The lowest BCUT2D eigenvalue weighted by Gasteiger charge is -2.03. The Morgan fingerprint density at radius 1 is 1.33 bits per heavy atom. The minimum atomic E-state index is -0.245. The van der Waals surface area contributed by atoms with Crippen LogP contribution in [0.3, 0.4) is 0 Å². The highest BCUT2D eigenvalue weighted by molar-refractivity contribution is 9.10. The van der Waals surface area contributed by atoms with Crippen molar-refractivity contribution in [3.8, 4) is 0 Å². The van der Waals surface area contributed by atoms with Crippen LogP contribution in [-0.2, 0) is 19.5 Å². The van der Waals surface area contributed by atoms with E-state index >= 15 is 0 Å². The Bertz CT molecular complexity index is 507. The van der Waals surface area contributed by atoms with E-state index in [4.69, 9.17) is 4.42 Å². The topological polar surface area (TPSA) is 38.1 Å². The van der Waals surface area contributed by atoms with Gasteiger partial charge in [-0.25, -0.2) is 9.37 Å². The third kappa shape index (κ3) is 3.65. The van der Waals surface area contributed by atoms with Gasteiger partial charge in [0.1, 0.15) is 11.6 Å². The number of aryl methyl sites for hydroxylation is 1. The van der Waals surface area contributed by atoms with Gasteiger partial charge in [-0.1, -0.05) is 22.9 Å². The highest BCUT2D eigenvalue weighted by Gasteiger charge is 2.03. The van der Waals surface area contributed by atoms with E-state index in [1.807, 2.05) is 13.0 Å². The summed E-state index contributed by atoms with van der Waals surface area (Å²) in [5.41, 5.74) is 0.879. The second kappa shape index (κ2) is 6.11. The van der Waals surface area contributed by atoms with Crippen LogP contribution in [0.15, 0.2) is 33.3 Å². The van der Waals surface area contributed by atoms with E-state index < -0.39 is 0 Å². The number of oxazole rings is 1. The number of benzene rings is 1. The number of nitrogens with one attached hydrogen (secondary N) is 1. The van der Waals surface area contributed by atoms with Gasteiger partial charge >= 0.3 is 0 Å². The number of aromatic nitrogens is 1. The molecule has 0 aliphatic heterocycles. The van der Waals surface area contributed by atoms with Gasteiger partial charge in [0.15, 0.2) is 0 Å². The molecule has 1 N–H and O–H groups in total. The molecule has 0 atom stereocenters. The Balaban J connectivity index is 1.88. The quantitative estimate of drug-likeness (QED) is 0.919. The van der Waals surface area contributed by atoms with Crippen molar-refractivity contribution in [1.82, 2.24) is 10.3 Å². The zero-order valence-corrected chi connectivity index (χ0v) is 11.6. The average Bonchev–Trinajstić information content (AvgIpc) is 2.76. The highest BCUT2D eigenvalue weighted by atomic mass is 79.9. The summed E-state index contributed by atoms with van der Waals surface area (Å²) >= 11 is 3.26. The molecule has 0 unspecified atom stereocenters. The SMILES string of the molecule is CCc1cnc(CNCc2cc(F)cc(Br)c2)o1. The van der Waals surface area contributed by atoms with Crippen molar-refractivity contribution in [2.75, 3.05) is 0 Å². The molecule has 0 bridgehead atoms. The van der Waals surface area contributed by atoms with Crippen LogP contribution in [0, 0.1) is 5.82 Å². The summed E-state index contributed by atoms with van der Waals surface area (Å²) in [5.74, 6) is 1.29. The molecule has 1 aromatic heterocycles. The smallest absolute Gasteiger partial charge is 0.208 e. The van der Waals surface area contributed by atoms with Gasteiger partial charge in [-0.05, 0) is 23.8 Å². The molecule has 0 fully saturated rings. The molecule has 2 rings (SSSR count). The van der Waals surface area contributed by atoms with Crippen LogP contribution in [0.4, 0.5) is 4.39 Å². The van der Waals surface area contributed by atoms with Crippen LogP contribution >= 0.6 is 15.9 Å². The molecule has 0 saturated carbocycles. The summed E-state index contributed by atoms with van der Waals surface area (Å²) < 4.78 is 19.3. The maximum Gasteiger partial charge on any atom is 0.208 e. The molecule has 0 aliphatic carbocycles. The van der Waals surface area contributed by atoms with Crippen molar-refractivity contribution in [2.24, 2.45) is 0 Å². The Hall–Kier alpha value is -1.20. The van der Waals surface area contributed by atoms with Crippen molar-refractivity contribution >= 4 is 15.9 Å². The zero-order chi connectivity index (χ0) is 13.0. The zero-order valence-electron chi connectivity index (χ0n) is 10.0. The van der Waals surface area contributed by atoms with Gasteiger partial charge in [-0.3, -0.25) is 0 Å². The standard InChI is InChI=1S/C13H14BrFN2O/c1-2-12-7-17-13(18-12)8-16-6-9-3-10(14)5-11(15)4-9/h3-5,7,16H,2,6,8H2,1H3. The third-order valence-corrected chi connectivity index (χ3v) is 2.94. The monoisotopic (exact) mass is 312 g/mol. The van der Waals surface area contributed by atoms with Gasteiger partial charge in [0.2, 0.25) is 5.89 Å². The van der Waals surface area contributed by atoms with E-state index in [0.717, 1.165) is 22.2 Å². The van der Waals surface area contributed by atoms with Crippen LogP contribution < -0.4 is 5.32 Å². The van der Waals surface area contributed by atoms with Crippen LogP contribution in [0.25, 0.3) is 0 Å². The maximum atomic E-state index is 13.1. The Morgan fingerprint density at radius 3 is 2.83 bits per heavy atom. The highest BCUT2D eigenvalue weighted by Crippen LogP contribution is 2.14. The number of halogens is 2. The molecule has 5 heteroatoms. The van der Waals surface area contributed by atoms with E-state index in [2.05, 4.69) is 26.2 Å². The average molecular weight is 313 g/mol. The summed E-state index contributed by atoms with van der Waals surface area (Å²) in [4.78, 5) is 4.14. The largest absolute Gasteiger partial charge is 0.444 e. The molecule has 18 heavy (non-hydrogen) atoms. The van der Waals surface area contributed by atoms with Crippen LogP contribution in [0.5, 0.6) is 0 Å². The molecule has 3 nitrogen and oxygen atoms in total. The predicted octanol–water partition coefficient (Wildman–Crippen LogP) is 3.43. The van der Waals surface area contributed by atoms with Crippen molar-refractivity contribution in [3.63, 3.8) is 0 Å². The van der Waals surface area contributed by atoms with E-state index in [-0.39, 0.29) is 5.82 Å². The van der Waals surface area contributed by atoms with Gasteiger partial charge in [0, 0.05) is 17.4 Å². The molecule has 1 heterocycles. The lowest BCUT2D eigenvalue weighted by molar-refractivity contribution is 0.439. The number of hydrogen-bond donors (Lipinski definition) is 1. The van der Waals surface area contributed by atoms with Crippen molar-refractivity contribution in [1.29, 1.82) is 0 Å². The molecule has 1 aromatic carbocycles. The summed E-state index contributed by atoms with van der Waals surface area (Å²) in [6.45, 7) is 3.12. The summed E-state index contributed by atoms with van der Waals surface area (Å²) in [5, 5.41) is 3.17. The van der Waals surface area contributed by atoms with Crippen molar-refractivity contribution in [2.45, 2.75) is 26.4 Å². The fraction of sp³-hybridized carbons (Fsp3) is 0.308. The van der Waals surface area contributed by atoms with Crippen molar-refractivity contribution < 1.29 is 8.81 Å². The Labute approximate surface area is 114 Å². The van der Waals surface area contributed by atoms with E-state index in [0.29, 0.717) is 19.0 Å². The normalized spacial score (nSPS) is 10.8. The first-order chi connectivity index (χ1) is 8.67. The van der Waals surface area contributed by atoms with E-state index in [1.165, 1.54) is 12.1 Å². The molecular weight excluding hydrogens is 299 g/mol. The lowest BCUT2D eigenvalue weighted by Crippen LogP contribution is -2.13. The molecule has 2 aromatic rings. The fourth-order valence-electron chi connectivity index (χ4n) is 1.62. The van der Waals surface area contributed by atoms with Crippen molar-refractivity contribution in [3.05, 3.63) is 51.9 Å². The number of nitrogens with zero attached hydrogens (tertiary/aromatic N) is 1. The fourth-order valence-corrected chi connectivity index (χ4v) is 2.13.